The topological polar surface area (TPSA) is 115 Å². The van der Waals surface area contributed by atoms with E-state index in [1.807, 2.05) is 60.7 Å². The predicted octanol–water partition coefficient (Wildman–Crippen LogP) is 2.46. The van der Waals surface area contributed by atoms with Crippen molar-refractivity contribution in [2.45, 2.75) is 12.3 Å². The minimum atomic E-state index is -5.19. The van der Waals surface area contributed by atoms with Crippen LogP contribution in [0, 0.1) is 0 Å². The lowest BCUT2D eigenvalue weighted by molar-refractivity contribution is -0.578. The Morgan fingerprint density at radius 2 is 1.61 bits per heavy atom. The van der Waals surface area contributed by atoms with Gasteiger partial charge in [-0.05, 0) is 42.5 Å². The first kappa shape index (κ1) is 26.2. The van der Waals surface area contributed by atoms with Crippen LogP contribution in [0.5, 0.6) is 0 Å². The second kappa shape index (κ2) is 11.8. The molecule has 188 valence electrons. The van der Waals surface area contributed by atoms with Gasteiger partial charge < -0.3 is 25.3 Å². The summed E-state index contributed by atoms with van der Waals surface area (Å²) < 4.78 is 37.1. The van der Waals surface area contributed by atoms with E-state index in [0.29, 0.717) is 30.0 Å². The van der Waals surface area contributed by atoms with E-state index in [1.54, 1.807) is 29.2 Å². The Bertz CT molecular complexity index is 1190. The average Bonchev–Trinajstić information content (AvgIpc) is 3.24. The molecule has 1 fully saturated rings. The molecule has 4 rings (SSSR count). The molecule has 0 radical (unpaired) electrons. The van der Waals surface area contributed by atoms with Gasteiger partial charge in [0.15, 0.2) is 6.10 Å². The van der Waals surface area contributed by atoms with E-state index >= 15 is 0 Å². The van der Waals surface area contributed by atoms with E-state index in [4.69, 9.17) is 14.6 Å². The van der Waals surface area contributed by atoms with Crippen LogP contribution in [0.4, 0.5) is 35.0 Å². The van der Waals surface area contributed by atoms with E-state index in [0.717, 1.165) is 5.69 Å². The lowest BCUT2D eigenvalue weighted by Crippen LogP contribution is -2.80. The molecule has 8 nitrogen and oxygen atoms in total. The smallest absolute Gasteiger partial charge is 0.430 e. The molecule has 2 amide bonds. The quantitative estimate of drug-likeness (QED) is 0.504. The molecule has 0 spiro atoms. The molecule has 3 aromatic carbocycles. The molecule has 36 heavy (non-hydrogen) atoms. The highest BCUT2D eigenvalue weighted by Crippen LogP contribution is 2.24. The number of anilines is 2. The third-order valence-electron chi connectivity index (χ3n) is 4.97. The Labute approximate surface area is 204 Å². The predicted molar refractivity (Wildman–Crippen MR) is 122 cm³/mol. The zero-order valence-electron chi connectivity index (χ0n) is 18.8. The molecular formula is C25H22F3N3O5. The van der Waals surface area contributed by atoms with Crippen LogP contribution in [-0.2, 0) is 9.53 Å². The van der Waals surface area contributed by atoms with Crippen molar-refractivity contribution in [1.82, 2.24) is 0 Å². The number of amides is 2. The van der Waals surface area contributed by atoms with Gasteiger partial charge in [-0.25, -0.2) is 4.79 Å². The number of nitrogens with one attached hydrogen (secondary N) is 1. The summed E-state index contributed by atoms with van der Waals surface area (Å²) in [6.45, 7) is 1.12. The zero-order chi connectivity index (χ0) is 26.1. The van der Waals surface area contributed by atoms with E-state index in [1.165, 1.54) is 0 Å². The number of carboxylic acids is 1. The standard InChI is InChI=1S/C23H21N3O3.C2HF3O2/c27-22(17-8-3-1-4-9-17)25-19-12-7-13-20(14-19)26-16-21(29-23(26)28)15-24-18-10-5-2-6-11-18;3-2(4,5)1(6)7/h1-14,21,24H,15-16H2,(H,25,27);(H,6,7). The molecule has 1 unspecified atom stereocenters. The van der Waals surface area contributed by atoms with Gasteiger partial charge in [0.25, 0.3) is 5.91 Å². The number of aliphatic carboxylic acids is 1. The first-order valence-corrected chi connectivity index (χ1v) is 10.7. The van der Waals surface area contributed by atoms with Gasteiger partial charge in [0.05, 0.1) is 6.54 Å². The Balaban J connectivity index is 0.000000454. The van der Waals surface area contributed by atoms with Gasteiger partial charge >= 0.3 is 12.3 Å². The number of nitrogens with zero attached hydrogens (tertiary/aromatic N) is 1. The first-order chi connectivity index (χ1) is 17.1. The summed E-state index contributed by atoms with van der Waals surface area (Å²) in [5, 5.41) is 13.7. The molecule has 1 aliphatic heterocycles. The first-order valence-electron chi connectivity index (χ1n) is 10.7. The lowest BCUT2D eigenvalue weighted by Gasteiger charge is -2.14. The number of nitrogens with two attached hydrogens (primary N) is 1. The Kier molecular flexibility index (Phi) is 8.63. The van der Waals surface area contributed by atoms with Crippen LogP contribution in [0.25, 0.3) is 0 Å². The molecule has 1 saturated heterocycles. The van der Waals surface area contributed by atoms with Crippen molar-refractivity contribution >= 4 is 35.0 Å². The average molecular weight is 501 g/mol. The molecule has 3 aromatic rings. The van der Waals surface area contributed by atoms with Crippen molar-refractivity contribution in [3.8, 4) is 0 Å². The maximum absolute atomic E-state index is 12.4. The fourth-order valence-corrected chi connectivity index (χ4v) is 3.26. The van der Waals surface area contributed by atoms with E-state index in [9.17, 15) is 22.8 Å². The second-order valence-corrected chi connectivity index (χ2v) is 7.62. The summed E-state index contributed by atoms with van der Waals surface area (Å²) in [6.07, 6.45) is -5.77. The largest absolute Gasteiger partial charge is 0.542 e. The number of cyclic esters (lactones) is 1. The number of carbonyl (C=O) groups is 3. The van der Waals surface area contributed by atoms with Gasteiger partial charge in [-0.2, -0.15) is 13.2 Å². The molecule has 0 aliphatic carbocycles. The highest BCUT2D eigenvalue weighted by atomic mass is 19.4. The van der Waals surface area contributed by atoms with Crippen molar-refractivity contribution in [1.29, 1.82) is 0 Å². The van der Waals surface area contributed by atoms with Crippen LogP contribution in [0.3, 0.4) is 0 Å². The number of alkyl halides is 3. The number of carboxylic acid groups (broad SMARTS) is 1. The Morgan fingerprint density at radius 1 is 1.00 bits per heavy atom. The molecule has 0 saturated carbocycles. The monoisotopic (exact) mass is 501 g/mol. The van der Waals surface area contributed by atoms with Gasteiger partial charge in [-0.3, -0.25) is 9.69 Å². The van der Waals surface area contributed by atoms with Gasteiger partial charge in [-0.15, -0.1) is 0 Å². The van der Waals surface area contributed by atoms with Crippen LogP contribution < -0.4 is 20.6 Å². The van der Waals surface area contributed by atoms with Crippen LogP contribution >= 0.6 is 0 Å². The maximum atomic E-state index is 12.4. The maximum Gasteiger partial charge on any atom is 0.430 e. The fourth-order valence-electron chi connectivity index (χ4n) is 3.26. The minimum absolute atomic E-state index is 0.193. The van der Waals surface area contributed by atoms with Crippen molar-refractivity contribution in [3.05, 3.63) is 90.5 Å². The van der Waals surface area contributed by atoms with Crippen molar-refractivity contribution in [3.63, 3.8) is 0 Å². The number of carbonyl (C=O) groups excluding carboxylic acids is 3. The van der Waals surface area contributed by atoms with E-state index in [-0.39, 0.29) is 18.1 Å². The number of hydrogen-bond acceptors (Lipinski definition) is 5. The second-order valence-electron chi connectivity index (χ2n) is 7.62. The number of rotatable bonds is 6. The lowest BCUT2D eigenvalue weighted by atomic mass is 10.2. The molecule has 1 atom stereocenters. The van der Waals surface area contributed by atoms with Crippen LogP contribution in [0.2, 0.25) is 0 Å². The van der Waals surface area contributed by atoms with Crippen LogP contribution in [0.15, 0.2) is 84.9 Å². The summed E-state index contributed by atoms with van der Waals surface area (Å²) in [5.74, 6) is -3.20. The van der Waals surface area contributed by atoms with Crippen molar-refractivity contribution in [2.24, 2.45) is 0 Å². The number of benzene rings is 3. The van der Waals surface area contributed by atoms with Crippen molar-refractivity contribution in [2.75, 3.05) is 23.3 Å². The van der Waals surface area contributed by atoms with Gasteiger partial charge in [0.1, 0.15) is 18.2 Å². The molecule has 0 aromatic heterocycles. The van der Waals surface area contributed by atoms with Gasteiger partial charge in [0.2, 0.25) is 0 Å². The van der Waals surface area contributed by atoms with Gasteiger partial charge in [-0.1, -0.05) is 42.5 Å². The number of para-hydroxylation sites is 1. The molecule has 0 bridgehead atoms. The summed E-state index contributed by atoms with van der Waals surface area (Å²) in [5.41, 5.74) is 3.01. The van der Waals surface area contributed by atoms with E-state index in [2.05, 4.69) is 10.6 Å². The summed E-state index contributed by atoms with van der Waals surface area (Å²) in [4.78, 5) is 35.1. The fraction of sp³-hybridized carbons (Fsp3) is 0.160. The normalized spacial score (nSPS) is 14.9. The third kappa shape index (κ3) is 7.57. The number of quaternary nitrogens is 1. The Hall–Kier alpha value is -4.38. The van der Waals surface area contributed by atoms with Gasteiger partial charge in [0, 0.05) is 16.9 Å². The van der Waals surface area contributed by atoms with Crippen LogP contribution in [-0.4, -0.2) is 43.3 Å². The van der Waals surface area contributed by atoms with Crippen molar-refractivity contribution < 1.29 is 42.7 Å². The summed E-state index contributed by atoms with van der Waals surface area (Å²) in [7, 11) is 0. The van der Waals surface area contributed by atoms with Crippen LogP contribution in [0.1, 0.15) is 10.4 Å². The number of halogens is 3. The zero-order valence-corrected chi connectivity index (χ0v) is 18.8. The number of hydrogen-bond donors (Lipinski definition) is 2. The SMILES string of the molecule is O=C(Nc1cccc(N2CC(C[NH2+]c3ccccc3)OC2=O)c1)c1ccccc1.O=C([O-])C(F)(F)F. The third-order valence-corrected chi connectivity index (χ3v) is 4.97. The molecule has 11 heteroatoms. The highest BCUT2D eigenvalue weighted by molar-refractivity contribution is 6.04. The molecule has 1 aliphatic rings. The Morgan fingerprint density at radius 3 is 2.22 bits per heavy atom. The van der Waals surface area contributed by atoms with E-state index < -0.39 is 12.1 Å². The highest BCUT2D eigenvalue weighted by Gasteiger charge is 2.33. The molecule has 1 heterocycles. The summed E-state index contributed by atoms with van der Waals surface area (Å²) >= 11 is 0. The molecular weight excluding hydrogens is 479 g/mol. The number of ether oxygens (including phenoxy) is 1. The minimum Gasteiger partial charge on any atom is -0.542 e. The summed E-state index contributed by atoms with van der Waals surface area (Å²) in [6, 6.07) is 26.2. The molecule has 3 N–H and O–H groups in total.